The summed E-state index contributed by atoms with van der Waals surface area (Å²) in [6, 6.07) is 0. The van der Waals surface area contributed by atoms with Gasteiger partial charge in [-0.05, 0) is 0 Å². The Morgan fingerprint density at radius 3 is 2.40 bits per heavy atom. The molecule has 0 bridgehead atoms. The van der Waals surface area contributed by atoms with E-state index in [-0.39, 0.29) is 24.5 Å². The molecule has 15 heavy (non-hydrogen) atoms. The number of nitrogens with two attached hydrogens (primary N) is 1. The first-order valence-corrected chi connectivity index (χ1v) is 4.91. The van der Waals surface area contributed by atoms with E-state index in [0.29, 0.717) is 5.69 Å². The SMILES string of the molecule is NCC1(c2cnc(Cl)cn2)CC(F)(F)C1. The zero-order chi connectivity index (χ0) is 11.1. The second-order valence-electron chi connectivity index (χ2n) is 3.92. The highest BCUT2D eigenvalue weighted by atomic mass is 35.5. The Kier molecular flexibility index (Phi) is 2.39. The molecule has 1 aromatic rings. The summed E-state index contributed by atoms with van der Waals surface area (Å²) < 4.78 is 25.7. The van der Waals surface area contributed by atoms with E-state index in [4.69, 9.17) is 17.3 Å². The van der Waals surface area contributed by atoms with Crippen molar-refractivity contribution in [1.29, 1.82) is 0 Å². The number of aromatic nitrogens is 2. The molecule has 1 fully saturated rings. The molecule has 0 aromatic carbocycles. The highest BCUT2D eigenvalue weighted by Gasteiger charge is 2.57. The maximum atomic E-state index is 12.9. The van der Waals surface area contributed by atoms with Crippen LogP contribution in [-0.2, 0) is 5.41 Å². The first kappa shape index (κ1) is 10.7. The maximum absolute atomic E-state index is 12.9. The summed E-state index contributed by atoms with van der Waals surface area (Å²) in [6.07, 6.45) is 2.26. The maximum Gasteiger partial charge on any atom is 0.250 e. The topological polar surface area (TPSA) is 51.8 Å². The Morgan fingerprint density at radius 1 is 1.33 bits per heavy atom. The van der Waals surface area contributed by atoms with Gasteiger partial charge in [-0.2, -0.15) is 0 Å². The average molecular weight is 234 g/mol. The van der Waals surface area contributed by atoms with Crippen molar-refractivity contribution in [3.8, 4) is 0 Å². The highest BCUT2D eigenvalue weighted by Crippen LogP contribution is 2.52. The van der Waals surface area contributed by atoms with Crippen LogP contribution in [0.3, 0.4) is 0 Å². The molecule has 3 nitrogen and oxygen atoms in total. The molecule has 1 aliphatic carbocycles. The zero-order valence-electron chi connectivity index (χ0n) is 7.88. The summed E-state index contributed by atoms with van der Waals surface area (Å²) in [7, 11) is 0. The smallest absolute Gasteiger partial charge is 0.250 e. The van der Waals surface area contributed by atoms with Crippen LogP contribution in [-0.4, -0.2) is 22.4 Å². The fraction of sp³-hybridized carbons (Fsp3) is 0.556. The Balaban J connectivity index is 2.25. The number of nitrogens with zero attached hydrogens (tertiary/aromatic N) is 2. The van der Waals surface area contributed by atoms with Crippen LogP contribution in [0.1, 0.15) is 18.5 Å². The molecule has 0 spiro atoms. The van der Waals surface area contributed by atoms with Gasteiger partial charge >= 0.3 is 0 Å². The summed E-state index contributed by atoms with van der Waals surface area (Å²) in [6.45, 7) is 0.152. The van der Waals surface area contributed by atoms with Crippen LogP contribution in [0.5, 0.6) is 0 Å². The lowest BCUT2D eigenvalue weighted by Gasteiger charge is -2.45. The van der Waals surface area contributed by atoms with Gasteiger partial charge in [0.15, 0.2) is 0 Å². The third-order valence-electron chi connectivity index (χ3n) is 2.75. The summed E-state index contributed by atoms with van der Waals surface area (Å²) >= 11 is 5.57. The minimum atomic E-state index is -2.62. The Hall–Kier alpha value is -0.810. The number of alkyl halides is 2. The molecule has 2 rings (SSSR count). The van der Waals surface area contributed by atoms with Gasteiger partial charge in [-0.15, -0.1) is 0 Å². The molecule has 0 unspecified atom stereocenters. The minimum absolute atomic E-state index is 0.152. The molecule has 82 valence electrons. The van der Waals surface area contributed by atoms with E-state index >= 15 is 0 Å². The lowest BCUT2D eigenvalue weighted by atomic mass is 9.64. The fourth-order valence-corrected chi connectivity index (χ4v) is 2.05. The number of halogens is 3. The van der Waals surface area contributed by atoms with Crippen molar-refractivity contribution in [2.45, 2.75) is 24.2 Å². The monoisotopic (exact) mass is 233 g/mol. The van der Waals surface area contributed by atoms with Crippen LogP contribution in [0.4, 0.5) is 8.78 Å². The molecule has 0 atom stereocenters. The zero-order valence-corrected chi connectivity index (χ0v) is 8.64. The molecule has 1 heterocycles. The number of rotatable bonds is 2. The summed E-state index contributed by atoms with van der Waals surface area (Å²) in [5, 5.41) is 0.247. The van der Waals surface area contributed by atoms with E-state index in [1.54, 1.807) is 0 Å². The van der Waals surface area contributed by atoms with Crippen molar-refractivity contribution < 1.29 is 8.78 Å². The van der Waals surface area contributed by atoms with Gasteiger partial charge in [0.25, 0.3) is 0 Å². The van der Waals surface area contributed by atoms with Gasteiger partial charge in [-0.1, -0.05) is 11.6 Å². The summed E-state index contributed by atoms with van der Waals surface area (Å²) in [5.41, 5.74) is 5.31. The van der Waals surface area contributed by atoms with E-state index in [9.17, 15) is 8.78 Å². The molecule has 1 aliphatic rings. The van der Waals surface area contributed by atoms with Crippen molar-refractivity contribution in [3.05, 3.63) is 23.2 Å². The Labute approximate surface area is 90.7 Å². The van der Waals surface area contributed by atoms with Gasteiger partial charge in [0, 0.05) is 24.8 Å². The van der Waals surface area contributed by atoms with Crippen molar-refractivity contribution in [2.75, 3.05) is 6.54 Å². The summed E-state index contributed by atoms with van der Waals surface area (Å²) in [5.74, 6) is -2.62. The van der Waals surface area contributed by atoms with Gasteiger partial charge in [0.05, 0.1) is 18.1 Å². The van der Waals surface area contributed by atoms with Crippen LogP contribution in [0.25, 0.3) is 0 Å². The second-order valence-corrected chi connectivity index (χ2v) is 4.31. The normalized spacial score (nSPS) is 22.1. The molecule has 1 saturated carbocycles. The Morgan fingerprint density at radius 2 is 2.00 bits per heavy atom. The van der Waals surface area contributed by atoms with Gasteiger partial charge < -0.3 is 5.73 Å². The molecule has 0 radical (unpaired) electrons. The molecule has 0 aliphatic heterocycles. The first-order valence-electron chi connectivity index (χ1n) is 4.53. The van der Waals surface area contributed by atoms with Crippen LogP contribution in [0, 0.1) is 0 Å². The predicted octanol–water partition coefficient (Wildman–Crippen LogP) is 1.76. The molecule has 1 aromatic heterocycles. The van der Waals surface area contributed by atoms with Crippen molar-refractivity contribution in [1.82, 2.24) is 9.97 Å². The van der Waals surface area contributed by atoms with Crippen LogP contribution in [0.2, 0.25) is 5.15 Å². The average Bonchev–Trinajstić information content (AvgIpc) is 2.14. The van der Waals surface area contributed by atoms with Crippen LogP contribution < -0.4 is 5.73 Å². The lowest BCUT2D eigenvalue weighted by Crippen LogP contribution is -2.54. The van der Waals surface area contributed by atoms with Gasteiger partial charge in [-0.25, -0.2) is 13.8 Å². The highest BCUT2D eigenvalue weighted by molar-refractivity contribution is 6.29. The van der Waals surface area contributed by atoms with E-state index in [1.807, 2.05) is 0 Å². The first-order chi connectivity index (χ1) is 6.97. The fourth-order valence-electron chi connectivity index (χ4n) is 1.95. The van der Waals surface area contributed by atoms with E-state index in [2.05, 4.69) is 9.97 Å². The number of hydrogen-bond acceptors (Lipinski definition) is 3. The van der Waals surface area contributed by atoms with E-state index in [0.717, 1.165) is 0 Å². The van der Waals surface area contributed by atoms with Gasteiger partial charge in [0.2, 0.25) is 5.92 Å². The molecule has 0 amide bonds. The molecule has 0 saturated heterocycles. The van der Waals surface area contributed by atoms with E-state index in [1.165, 1.54) is 12.4 Å². The lowest BCUT2D eigenvalue weighted by molar-refractivity contribution is -0.125. The molecular formula is C9H10ClF2N3. The molecule has 2 N–H and O–H groups in total. The largest absolute Gasteiger partial charge is 0.330 e. The second kappa shape index (κ2) is 3.35. The third kappa shape index (κ3) is 1.81. The van der Waals surface area contributed by atoms with Crippen molar-refractivity contribution in [2.24, 2.45) is 5.73 Å². The van der Waals surface area contributed by atoms with Crippen LogP contribution in [0.15, 0.2) is 12.4 Å². The van der Waals surface area contributed by atoms with Crippen molar-refractivity contribution >= 4 is 11.6 Å². The quantitative estimate of drug-likeness (QED) is 0.847. The van der Waals surface area contributed by atoms with Gasteiger partial charge in [-0.3, -0.25) is 4.98 Å². The Bertz CT molecular complexity index is 358. The summed E-state index contributed by atoms with van der Waals surface area (Å²) in [4.78, 5) is 7.83. The number of hydrogen-bond donors (Lipinski definition) is 1. The van der Waals surface area contributed by atoms with E-state index < -0.39 is 11.3 Å². The standard InChI is InChI=1S/C9H10ClF2N3/c10-7-2-14-6(1-15-7)8(5-13)3-9(11,12)4-8/h1-2H,3-5,13H2. The minimum Gasteiger partial charge on any atom is -0.330 e. The van der Waals surface area contributed by atoms with Crippen molar-refractivity contribution in [3.63, 3.8) is 0 Å². The molecular weight excluding hydrogens is 224 g/mol. The molecule has 6 heteroatoms. The van der Waals surface area contributed by atoms with Crippen LogP contribution >= 0.6 is 11.6 Å². The van der Waals surface area contributed by atoms with Gasteiger partial charge in [0.1, 0.15) is 5.15 Å². The third-order valence-corrected chi connectivity index (χ3v) is 2.94. The predicted molar refractivity (Wildman–Crippen MR) is 52.0 cm³/mol.